The molecule has 0 aliphatic carbocycles. The Morgan fingerprint density at radius 1 is 0.852 bits per heavy atom. The van der Waals surface area contributed by atoms with Gasteiger partial charge in [0.15, 0.2) is 0 Å². The number of carbonyl (C=O) groups excluding carboxylic acids is 2. The van der Waals surface area contributed by atoms with E-state index in [9.17, 15) is 9.59 Å². The molecule has 0 unspecified atom stereocenters. The molecular formula is C20H18N4O3. The molecule has 0 fully saturated rings. The van der Waals surface area contributed by atoms with Crippen LogP contribution in [0.25, 0.3) is 0 Å². The maximum Gasteiger partial charge on any atom is 0.339 e. The fourth-order valence-electron chi connectivity index (χ4n) is 2.38. The molecule has 0 aliphatic heterocycles. The monoisotopic (exact) mass is 362 g/mol. The van der Waals surface area contributed by atoms with Gasteiger partial charge in [-0.2, -0.15) is 0 Å². The van der Waals surface area contributed by atoms with Gasteiger partial charge < -0.3 is 15.4 Å². The number of para-hydroxylation sites is 2. The van der Waals surface area contributed by atoms with Crippen molar-refractivity contribution in [1.82, 2.24) is 4.98 Å². The molecule has 7 heteroatoms. The van der Waals surface area contributed by atoms with Crippen molar-refractivity contribution in [2.24, 2.45) is 0 Å². The van der Waals surface area contributed by atoms with E-state index in [1.807, 2.05) is 24.3 Å². The topological polar surface area (TPSA) is 92.4 Å². The molecule has 0 saturated heterocycles. The lowest BCUT2D eigenvalue weighted by atomic mass is 10.1. The Kier molecular flexibility index (Phi) is 5.64. The van der Waals surface area contributed by atoms with Gasteiger partial charge in [0.05, 0.1) is 30.2 Å². The Bertz CT molecular complexity index is 927. The Balaban J connectivity index is 1.64. The minimum atomic E-state index is -0.429. The Morgan fingerprint density at radius 3 is 2.30 bits per heavy atom. The largest absolute Gasteiger partial charge is 0.465 e. The van der Waals surface area contributed by atoms with E-state index < -0.39 is 5.97 Å². The first kappa shape index (κ1) is 17.9. The van der Waals surface area contributed by atoms with Crippen LogP contribution in [-0.4, -0.2) is 24.1 Å². The predicted octanol–water partition coefficient (Wildman–Crippen LogP) is 4.26. The number of esters is 1. The van der Waals surface area contributed by atoms with Gasteiger partial charge in [-0.1, -0.05) is 30.3 Å². The highest BCUT2D eigenvalue weighted by molar-refractivity contribution is 5.99. The maximum absolute atomic E-state index is 12.0. The van der Waals surface area contributed by atoms with Crippen LogP contribution in [0.15, 0.2) is 72.9 Å². The third-order valence-electron chi connectivity index (χ3n) is 3.65. The van der Waals surface area contributed by atoms with Crippen molar-refractivity contribution in [2.75, 3.05) is 23.1 Å². The van der Waals surface area contributed by atoms with Crippen molar-refractivity contribution < 1.29 is 14.3 Å². The number of ether oxygens (including phenoxy) is 1. The summed E-state index contributed by atoms with van der Waals surface area (Å²) in [6, 6.07) is 19.2. The molecule has 3 aromatic rings. The third-order valence-corrected chi connectivity index (χ3v) is 3.65. The molecule has 3 rings (SSSR count). The van der Waals surface area contributed by atoms with E-state index in [1.54, 1.807) is 48.7 Å². The second kappa shape index (κ2) is 8.48. The normalized spacial score (nSPS) is 9.96. The lowest BCUT2D eigenvalue weighted by Gasteiger charge is -2.11. The van der Waals surface area contributed by atoms with Crippen LogP contribution in [0.4, 0.5) is 27.7 Å². The van der Waals surface area contributed by atoms with E-state index in [2.05, 4.69) is 20.9 Å². The summed E-state index contributed by atoms with van der Waals surface area (Å²) in [5, 5.41) is 8.49. The molecular weight excluding hydrogens is 344 g/mol. The number of hydrogen-bond donors (Lipinski definition) is 3. The number of rotatable bonds is 5. The number of nitrogens with one attached hydrogen (secondary N) is 3. The SMILES string of the molecule is COC(=O)c1ccccc1Nc1ccc(NC(=O)Nc2ccccc2)nc1. The van der Waals surface area contributed by atoms with E-state index in [-0.39, 0.29) is 6.03 Å². The van der Waals surface area contributed by atoms with Crippen LogP contribution >= 0.6 is 0 Å². The van der Waals surface area contributed by atoms with Crippen LogP contribution in [0, 0.1) is 0 Å². The molecule has 136 valence electrons. The highest BCUT2D eigenvalue weighted by Gasteiger charge is 2.11. The third kappa shape index (κ3) is 4.82. The molecule has 0 saturated carbocycles. The second-order valence-corrected chi connectivity index (χ2v) is 5.54. The number of benzene rings is 2. The first-order valence-electron chi connectivity index (χ1n) is 8.19. The summed E-state index contributed by atoms with van der Waals surface area (Å²) in [5.41, 5.74) is 2.38. The zero-order valence-electron chi connectivity index (χ0n) is 14.6. The van der Waals surface area contributed by atoms with Crippen molar-refractivity contribution in [2.45, 2.75) is 0 Å². The first-order chi connectivity index (χ1) is 13.2. The van der Waals surface area contributed by atoms with Gasteiger partial charge in [0, 0.05) is 5.69 Å². The molecule has 0 spiro atoms. The molecule has 2 amide bonds. The molecule has 1 heterocycles. The number of amides is 2. The Morgan fingerprint density at radius 2 is 1.59 bits per heavy atom. The number of methoxy groups -OCH3 is 1. The summed E-state index contributed by atoms with van der Waals surface area (Å²) in [6.07, 6.45) is 1.56. The fraction of sp³-hybridized carbons (Fsp3) is 0.0500. The highest BCUT2D eigenvalue weighted by atomic mass is 16.5. The van der Waals surface area contributed by atoms with Crippen LogP contribution in [0.3, 0.4) is 0 Å². The van der Waals surface area contributed by atoms with Crippen LogP contribution in [0.1, 0.15) is 10.4 Å². The van der Waals surface area contributed by atoms with Crippen molar-refractivity contribution in [3.05, 3.63) is 78.5 Å². The lowest BCUT2D eigenvalue weighted by molar-refractivity contribution is 0.0602. The summed E-state index contributed by atoms with van der Waals surface area (Å²) >= 11 is 0. The number of hydrogen-bond acceptors (Lipinski definition) is 5. The van der Waals surface area contributed by atoms with Crippen LogP contribution in [0.2, 0.25) is 0 Å². The fourth-order valence-corrected chi connectivity index (χ4v) is 2.38. The predicted molar refractivity (Wildman–Crippen MR) is 104 cm³/mol. The number of anilines is 4. The van der Waals surface area contributed by atoms with Gasteiger partial charge in [-0.3, -0.25) is 5.32 Å². The summed E-state index contributed by atoms with van der Waals surface area (Å²) in [4.78, 5) is 28.0. The minimum Gasteiger partial charge on any atom is -0.465 e. The van der Waals surface area contributed by atoms with Crippen molar-refractivity contribution in [3.63, 3.8) is 0 Å². The Hall–Kier alpha value is -3.87. The van der Waals surface area contributed by atoms with E-state index >= 15 is 0 Å². The van der Waals surface area contributed by atoms with Gasteiger partial charge in [0.25, 0.3) is 0 Å². The van der Waals surface area contributed by atoms with Crippen LogP contribution in [-0.2, 0) is 4.74 Å². The molecule has 7 nitrogen and oxygen atoms in total. The van der Waals surface area contributed by atoms with E-state index in [0.29, 0.717) is 28.4 Å². The van der Waals surface area contributed by atoms with E-state index in [4.69, 9.17) is 4.74 Å². The summed E-state index contributed by atoms with van der Waals surface area (Å²) in [7, 11) is 1.33. The molecule has 1 aromatic heterocycles. The summed E-state index contributed by atoms with van der Waals surface area (Å²) in [5.74, 6) is -0.0304. The molecule has 27 heavy (non-hydrogen) atoms. The molecule has 0 aliphatic rings. The van der Waals surface area contributed by atoms with Gasteiger partial charge in [0.2, 0.25) is 0 Å². The zero-order valence-corrected chi connectivity index (χ0v) is 14.6. The number of pyridine rings is 1. The molecule has 2 aromatic carbocycles. The standard InChI is InChI=1S/C20H18N4O3/c1-27-19(25)16-9-5-6-10-17(16)22-15-11-12-18(21-13-15)24-20(26)23-14-7-3-2-4-8-14/h2-13,22H,1H3,(H2,21,23,24,26). The molecule has 3 N–H and O–H groups in total. The quantitative estimate of drug-likeness (QED) is 0.590. The smallest absolute Gasteiger partial charge is 0.339 e. The van der Waals surface area contributed by atoms with Gasteiger partial charge >= 0.3 is 12.0 Å². The van der Waals surface area contributed by atoms with E-state index in [0.717, 1.165) is 0 Å². The van der Waals surface area contributed by atoms with Crippen molar-refractivity contribution in [3.8, 4) is 0 Å². The van der Waals surface area contributed by atoms with Crippen molar-refractivity contribution in [1.29, 1.82) is 0 Å². The highest BCUT2D eigenvalue weighted by Crippen LogP contribution is 2.21. The zero-order chi connectivity index (χ0) is 19.1. The molecule has 0 bridgehead atoms. The number of aromatic nitrogens is 1. The second-order valence-electron chi connectivity index (χ2n) is 5.54. The van der Waals surface area contributed by atoms with E-state index in [1.165, 1.54) is 7.11 Å². The summed E-state index contributed by atoms with van der Waals surface area (Å²) < 4.78 is 4.78. The number of nitrogens with zero attached hydrogens (tertiary/aromatic N) is 1. The maximum atomic E-state index is 12.0. The number of carbonyl (C=O) groups is 2. The first-order valence-corrected chi connectivity index (χ1v) is 8.19. The van der Waals surface area contributed by atoms with Gasteiger partial charge in [0.1, 0.15) is 5.82 Å². The minimum absolute atomic E-state index is 0.384. The summed E-state index contributed by atoms with van der Waals surface area (Å²) in [6.45, 7) is 0. The van der Waals surface area contributed by atoms with Gasteiger partial charge in [-0.15, -0.1) is 0 Å². The molecule has 0 radical (unpaired) electrons. The number of urea groups is 1. The lowest BCUT2D eigenvalue weighted by Crippen LogP contribution is -2.19. The molecule has 0 atom stereocenters. The van der Waals surface area contributed by atoms with Gasteiger partial charge in [-0.25, -0.2) is 14.6 Å². The van der Waals surface area contributed by atoms with Crippen LogP contribution < -0.4 is 16.0 Å². The van der Waals surface area contributed by atoms with Crippen molar-refractivity contribution >= 4 is 34.9 Å². The van der Waals surface area contributed by atoms with Gasteiger partial charge in [-0.05, 0) is 36.4 Å². The van der Waals surface area contributed by atoms with Crippen LogP contribution in [0.5, 0.6) is 0 Å². The average molecular weight is 362 g/mol. The Labute approximate surface area is 156 Å². The average Bonchev–Trinajstić information content (AvgIpc) is 2.70.